The van der Waals surface area contributed by atoms with Crippen LogP contribution in [0.25, 0.3) is 0 Å². The monoisotopic (exact) mass is 368 g/mol. The number of nitrogens with zero attached hydrogens (tertiary/aromatic N) is 2. The number of benzene rings is 1. The van der Waals surface area contributed by atoms with Gasteiger partial charge in [-0.25, -0.2) is 0 Å². The zero-order chi connectivity index (χ0) is 18.5. The molecule has 1 aliphatic heterocycles. The second kappa shape index (κ2) is 8.67. The Balaban J connectivity index is 1.30. The average molecular weight is 368 g/mol. The largest absolute Gasteiger partial charge is 0.374 e. The van der Waals surface area contributed by atoms with E-state index in [0.29, 0.717) is 24.4 Å². The number of amides is 1. The van der Waals surface area contributed by atoms with E-state index >= 15 is 0 Å². The predicted octanol–water partition coefficient (Wildman–Crippen LogP) is 3.52. The Kier molecular flexibility index (Phi) is 5.84. The number of anilines is 1. The van der Waals surface area contributed by atoms with Gasteiger partial charge in [-0.1, -0.05) is 25.0 Å². The van der Waals surface area contributed by atoms with E-state index in [-0.39, 0.29) is 5.91 Å². The van der Waals surface area contributed by atoms with E-state index in [2.05, 4.69) is 15.7 Å². The van der Waals surface area contributed by atoms with Gasteiger partial charge in [0.25, 0.3) is 5.91 Å². The first-order valence-corrected chi connectivity index (χ1v) is 10.1. The number of carbonyl (C=O) groups is 1. The van der Waals surface area contributed by atoms with Gasteiger partial charge in [-0.3, -0.25) is 9.48 Å². The molecule has 1 atom stereocenters. The maximum absolute atomic E-state index is 12.5. The molecule has 6 nitrogen and oxygen atoms in total. The molecule has 1 saturated carbocycles. The number of rotatable bonds is 6. The lowest BCUT2D eigenvalue weighted by atomic mass is 10.1. The Morgan fingerprint density at radius 1 is 1.15 bits per heavy atom. The van der Waals surface area contributed by atoms with E-state index in [0.717, 1.165) is 37.2 Å². The molecule has 144 valence electrons. The SMILES string of the molecule is O=C(Nc1ccc(COC2CCCC2)cc1)c1ccn(C2CCCNC2)n1. The molecule has 2 aliphatic rings. The van der Waals surface area contributed by atoms with E-state index < -0.39 is 0 Å². The molecule has 2 heterocycles. The Labute approximate surface area is 160 Å². The van der Waals surface area contributed by atoms with Crippen molar-refractivity contribution in [1.29, 1.82) is 0 Å². The molecule has 1 unspecified atom stereocenters. The zero-order valence-electron chi connectivity index (χ0n) is 15.7. The summed E-state index contributed by atoms with van der Waals surface area (Å²) in [7, 11) is 0. The lowest BCUT2D eigenvalue weighted by Crippen LogP contribution is -2.32. The van der Waals surface area contributed by atoms with E-state index in [1.165, 1.54) is 25.7 Å². The normalized spacial score (nSPS) is 20.7. The van der Waals surface area contributed by atoms with Crippen molar-refractivity contribution < 1.29 is 9.53 Å². The first kappa shape index (κ1) is 18.2. The minimum atomic E-state index is -0.174. The molecule has 0 spiro atoms. The Hall–Kier alpha value is -2.18. The highest BCUT2D eigenvalue weighted by molar-refractivity contribution is 6.02. The molecule has 1 saturated heterocycles. The number of aromatic nitrogens is 2. The first-order chi connectivity index (χ1) is 13.3. The van der Waals surface area contributed by atoms with Crippen LogP contribution < -0.4 is 10.6 Å². The van der Waals surface area contributed by atoms with E-state index in [1.807, 2.05) is 35.1 Å². The van der Waals surface area contributed by atoms with Gasteiger partial charge < -0.3 is 15.4 Å². The fraction of sp³-hybridized carbons (Fsp3) is 0.524. The van der Waals surface area contributed by atoms with Crippen molar-refractivity contribution >= 4 is 11.6 Å². The molecule has 1 aliphatic carbocycles. The molecular weight excluding hydrogens is 340 g/mol. The quantitative estimate of drug-likeness (QED) is 0.819. The van der Waals surface area contributed by atoms with Crippen molar-refractivity contribution in [1.82, 2.24) is 15.1 Å². The number of carbonyl (C=O) groups excluding carboxylic acids is 1. The number of ether oxygens (including phenoxy) is 1. The minimum Gasteiger partial charge on any atom is -0.374 e. The molecule has 2 aromatic rings. The van der Waals surface area contributed by atoms with Crippen molar-refractivity contribution in [3.8, 4) is 0 Å². The van der Waals surface area contributed by atoms with Crippen LogP contribution in [0, 0.1) is 0 Å². The van der Waals surface area contributed by atoms with Gasteiger partial charge in [0.15, 0.2) is 5.69 Å². The molecule has 2 N–H and O–H groups in total. The van der Waals surface area contributed by atoms with Crippen LogP contribution in [0.3, 0.4) is 0 Å². The van der Waals surface area contributed by atoms with Gasteiger partial charge in [0.1, 0.15) is 0 Å². The highest BCUT2D eigenvalue weighted by atomic mass is 16.5. The van der Waals surface area contributed by atoms with E-state index in [9.17, 15) is 4.79 Å². The van der Waals surface area contributed by atoms with Crippen molar-refractivity contribution in [2.75, 3.05) is 18.4 Å². The maximum Gasteiger partial charge on any atom is 0.276 e. The van der Waals surface area contributed by atoms with Gasteiger partial charge in [0, 0.05) is 18.4 Å². The summed E-state index contributed by atoms with van der Waals surface area (Å²) < 4.78 is 7.84. The maximum atomic E-state index is 12.5. The molecule has 2 fully saturated rings. The molecule has 6 heteroatoms. The van der Waals surface area contributed by atoms with Crippen LogP contribution in [0.15, 0.2) is 36.5 Å². The summed E-state index contributed by atoms with van der Waals surface area (Å²) in [5.41, 5.74) is 2.36. The van der Waals surface area contributed by atoms with Crippen LogP contribution in [0.2, 0.25) is 0 Å². The summed E-state index contributed by atoms with van der Waals surface area (Å²) in [6.45, 7) is 2.61. The zero-order valence-corrected chi connectivity index (χ0v) is 15.7. The Bertz CT molecular complexity index is 744. The van der Waals surface area contributed by atoms with Gasteiger partial charge in [0.05, 0.1) is 18.8 Å². The van der Waals surface area contributed by atoms with Gasteiger partial charge in [-0.2, -0.15) is 5.10 Å². The van der Waals surface area contributed by atoms with E-state index in [4.69, 9.17) is 4.74 Å². The lowest BCUT2D eigenvalue weighted by molar-refractivity contribution is 0.0457. The smallest absolute Gasteiger partial charge is 0.276 e. The highest BCUT2D eigenvalue weighted by Crippen LogP contribution is 2.22. The molecule has 0 bridgehead atoms. The number of hydrogen-bond donors (Lipinski definition) is 2. The molecule has 1 aromatic carbocycles. The summed E-state index contributed by atoms with van der Waals surface area (Å²) in [4.78, 5) is 12.5. The molecule has 4 rings (SSSR count). The van der Waals surface area contributed by atoms with Crippen molar-refractivity contribution in [3.63, 3.8) is 0 Å². The van der Waals surface area contributed by atoms with Crippen LogP contribution in [0.4, 0.5) is 5.69 Å². The number of hydrogen-bond acceptors (Lipinski definition) is 4. The minimum absolute atomic E-state index is 0.174. The summed E-state index contributed by atoms with van der Waals surface area (Å²) in [6.07, 6.45) is 9.47. The summed E-state index contributed by atoms with van der Waals surface area (Å²) in [6, 6.07) is 9.99. The van der Waals surface area contributed by atoms with Crippen LogP contribution >= 0.6 is 0 Å². The lowest BCUT2D eigenvalue weighted by Gasteiger charge is -2.22. The first-order valence-electron chi connectivity index (χ1n) is 10.1. The molecule has 1 amide bonds. The van der Waals surface area contributed by atoms with Gasteiger partial charge in [-0.05, 0) is 56.0 Å². The number of piperidine rings is 1. The van der Waals surface area contributed by atoms with Crippen LogP contribution in [0.1, 0.15) is 60.6 Å². The van der Waals surface area contributed by atoms with Crippen LogP contribution in [-0.4, -0.2) is 34.9 Å². The van der Waals surface area contributed by atoms with Gasteiger partial charge >= 0.3 is 0 Å². The average Bonchev–Trinajstić information content (AvgIpc) is 3.40. The van der Waals surface area contributed by atoms with Crippen molar-refractivity contribution in [2.45, 2.75) is 57.3 Å². The van der Waals surface area contributed by atoms with Crippen molar-refractivity contribution in [3.05, 3.63) is 47.8 Å². The van der Waals surface area contributed by atoms with E-state index in [1.54, 1.807) is 6.07 Å². The summed E-state index contributed by atoms with van der Waals surface area (Å²) >= 11 is 0. The third kappa shape index (κ3) is 4.76. The standard InChI is InChI=1S/C21H28N4O2/c26-21(20-11-13-25(24-20)18-4-3-12-22-14-18)23-17-9-7-16(8-10-17)15-27-19-5-1-2-6-19/h7-11,13,18-19,22H,1-6,12,14-15H2,(H,23,26). The second-order valence-electron chi connectivity index (χ2n) is 7.55. The Morgan fingerprint density at radius 3 is 2.70 bits per heavy atom. The third-order valence-electron chi connectivity index (χ3n) is 5.49. The predicted molar refractivity (Wildman–Crippen MR) is 105 cm³/mol. The Morgan fingerprint density at radius 2 is 1.96 bits per heavy atom. The van der Waals surface area contributed by atoms with Crippen molar-refractivity contribution in [2.24, 2.45) is 0 Å². The molecular formula is C21H28N4O2. The van der Waals surface area contributed by atoms with Crippen LogP contribution in [0.5, 0.6) is 0 Å². The molecule has 1 aromatic heterocycles. The van der Waals surface area contributed by atoms with Crippen LogP contribution in [-0.2, 0) is 11.3 Å². The summed E-state index contributed by atoms with van der Waals surface area (Å²) in [5, 5.41) is 10.8. The third-order valence-corrected chi connectivity index (χ3v) is 5.49. The highest BCUT2D eigenvalue weighted by Gasteiger charge is 2.18. The molecule has 27 heavy (non-hydrogen) atoms. The fourth-order valence-corrected chi connectivity index (χ4v) is 3.87. The van der Waals surface area contributed by atoms with Gasteiger partial charge in [0.2, 0.25) is 0 Å². The molecule has 0 radical (unpaired) electrons. The number of nitrogens with one attached hydrogen (secondary N) is 2. The topological polar surface area (TPSA) is 68.2 Å². The fourth-order valence-electron chi connectivity index (χ4n) is 3.87. The second-order valence-corrected chi connectivity index (χ2v) is 7.55. The summed E-state index contributed by atoms with van der Waals surface area (Å²) in [5.74, 6) is -0.174. The van der Waals surface area contributed by atoms with Gasteiger partial charge in [-0.15, -0.1) is 0 Å².